The van der Waals surface area contributed by atoms with E-state index in [0.29, 0.717) is 100 Å². The number of nitrogens with zero attached hydrogens (tertiary/aromatic N) is 9. The number of aromatic nitrogens is 4. The minimum Gasteiger partial charge on any atom is -0.497 e. The van der Waals surface area contributed by atoms with E-state index in [-0.39, 0.29) is 11.9 Å². The third-order valence-electron chi connectivity index (χ3n) is 11.1. The smallest absolute Gasteiger partial charge is 0.327 e. The number of morpholine rings is 1. The SMILES string of the molecule is CCN1CCN(C(=O)c2ccc(NC(=O)N3CCc4c(-c5cnc(N(Cc6ccc(OC)cc6)Cc6ccc(OC)cc6)nc5)nc(N5CCOCC5)nc43)cc2)CC1. The minimum absolute atomic E-state index is 0.00571. The van der Waals surface area contributed by atoms with Gasteiger partial charge in [-0.2, -0.15) is 4.98 Å². The van der Waals surface area contributed by atoms with Crippen LogP contribution >= 0.6 is 0 Å². The Morgan fingerprint density at radius 3 is 1.95 bits per heavy atom. The van der Waals surface area contributed by atoms with Gasteiger partial charge in [0.25, 0.3) is 5.91 Å². The fourth-order valence-electron chi connectivity index (χ4n) is 7.63. The first-order valence-corrected chi connectivity index (χ1v) is 20.2. The zero-order chi connectivity index (χ0) is 40.7. The van der Waals surface area contributed by atoms with E-state index in [9.17, 15) is 9.59 Å². The molecular formula is C44H50N10O5. The van der Waals surface area contributed by atoms with Crippen LogP contribution in [0.4, 0.5) is 28.2 Å². The molecule has 3 aromatic carbocycles. The minimum atomic E-state index is -0.310. The lowest BCUT2D eigenvalue weighted by atomic mass is 10.1. The van der Waals surface area contributed by atoms with Crippen LogP contribution in [0.2, 0.25) is 0 Å². The second kappa shape index (κ2) is 18.1. The fourth-order valence-corrected chi connectivity index (χ4v) is 7.63. The van der Waals surface area contributed by atoms with Crippen LogP contribution in [-0.2, 0) is 24.2 Å². The zero-order valence-corrected chi connectivity index (χ0v) is 33.8. The summed E-state index contributed by atoms with van der Waals surface area (Å²) in [5.74, 6) is 3.23. The van der Waals surface area contributed by atoms with Gasteiger partial charge in [-0.15, -0.1) is 0 Å². The van der Waals surface area contributed by atoms with E-state index in [2.05, 4.69) is 26.9 Å². The maximum Gasteiger partial charge on any atom is 0.327 e. The number of anilines is 4. The van der Waals surface area contributed by atoms with Crippen LogP contribution in [0, 0.1) is 0 Å². The second-order valence-corrected chi connectivity index (χ2v) is 14.7. The molecular weight excluding hydrogens is 749 g/mol. The van der Waals surface area contributed by atoms with Crippen molar-refractivity contribution in [3.63, 3.8) is 0 Å². The standard InChI is InChI=1S/C44H50N10O5/c1-4-50-19-21-51(22-20-50)41(55)33-9-11-35(12-10-33)47-44(56)54-18-17-38-39(48-43(49-40(38)54)52-23-25-59-26-24-52)34-27-45-42(46-28-34)53(29-31-5-13-36(57-2)14-6-31)30-32-7-15-37(58-3)16-8-32/h5-16,27-28H,4,17-26,29-30H2,1-3H3,(H,47,56). The van der Waals surface area contributed by atoms with Gasteiger partial charge in [0.2, 0.25) is 11.9 Å². The molecule has 0 spiro atoms. The monoisotopic (exact) mass is 798 g/mol. The first kappa shape index (κ1) is 39.5. The van der Waals surface area contributed by atoms with Gasteiger partial charge >= 0.3 is 6.03 Å². The number of carbonyl (C=O) groups is 2. The summed E-state index contributed by atoms with van der Waals surface area (Å²) in [6.45, 7) is 10.2. The Hall–Kier alpha value is -6.32. The summed E-state index contributed by atoms with van der Waals surface area (Å²) in [5, 5.41) is 3.03. The Morgan fingerprint density at radius 2 is 1.37 bits per heavy atom. The number of rotatable bonds is 12. The summed E-state index contributed by atoms with van der Waals surface area (Å²) in [6, 6.07) is 22.8. The van der Waals surface area contributed by atoms with Crippen LogP contribution in [0.25, 0.3) is 11.3 Å². The van der Waals surface area contributed by atoms with E-state index in [4.69, 9.17) is 34.1 Å². The molecule has 59 heavy (non-hydrogen) atoms. The van der Waals surface area contributed by atoms with Crippen molar-refractivity contribution in [2.45, 2.75) is 26.4 Å². The van der Waals surface area contributed by atoms with Crippen molar-refractivity contribution in [1.29, 1.82) is 0 Å². The highest BCUT2D eigenvalue weighted by atomic mass is 16.5. The van der Waals surface area contributed by atoms with E-state index in [1.165, 1.54) is 0 Å². The summed E-state index contributed by atoms with van der Waals surface area (Å²) in [5.41, 5.74) is 5.64. The summed E-state index contributed by atoms with van der Waals surface area (Å²) >= 11 is 0. The van der Waals surface area contributed by atoms with E-state index in [1.807, 2.05) is 53.4 Å². The van der Waals surface area contributed by atoms with Gasteiger partial charge in [-0.05, 0) is 72.6 Å². The number of piperazine rings is 1. The lowest BCUT2D eigenvalue weighted by molar-refractivity contribution is 0.0643. The number of carbonyl (C=O) groups excluding carboxylic acids is 2. The topological polar surface area (TPSA) is 142 Å². The van der Waals surface area contributed by atoms with Crippen LogP contribution in [0.15, 0.2) is 85.2 Å². The van der Waals surface area contributed by atoms with Gasteiger partial charge in [-0.1, -0.05) is 31.2 Å². The van der Waals surface area contributed by atoms with Crippen LogP contribution in [0.3, 0.4) is 0 Å². The van der Waals surface area contributed by atoms with E-state index < -0.39 is 0 Å². The molecule has 15 nitrogen and oxygen atoms in total. The molecule has 3 amide bonds. The number of hydrogen-bond donors (Lipinski definition) is 1. The Balaban J connectivity index is 1.04. The van der Waals surface area contributed by atoms with Crippen molar-refractivity contribution in [1.82, 2.24) is 29.7 Å². The molecule has 2 fully saturated rings. The number of hydrogen-bond acceptors (Lipinski definition) is 12. The molecule has 5 aromatic rings. The van der Waals surface area contributed by atoms with Gasteiger partial charge in [0.05, 0.1) is 33.1 Å². The van der Waals surface area contributed by atoms with E-state index in [0.717, 1.165) is 53.4 Å². The summed E-state index contributed by atoms with van der Waals surface area (Å²) in [7, 11) is 3.31. The lowest BCUT2D eigenvalue weighted by Gasteiger charge is -2.34. The second-order valence-electron chi connectivity index (χ2n) is 14.7. The highest BCUT2D eigenvalue weighted by Gasteiger charge is 2.32. The van der Waals surface area contributed by atoms with Crippen LogP contribution in [0.1, 0.15) is 34.0 Å². The predicted molar refractivity (Wildman–Crippen MR) is 226 cm³/mol. The number of nitrogens with one attached hydrogen (secondary N) is 1. The molecule has 3 aliphatic rings. The average molecular weight is 799 g/mol. The summed E-state index contributed by atoms with van der Waals surface area (Å²) in [6.07, 6.45) is 4.17. The number of methoxy groups -OCH3 is 2. The average Bonchev–Trinajstić information content (AvgIpc) is 3.74. The maximum absolute atomic E-state index is 13.9. The van der Waals surface area contributed by atoms with Crippen molar-refractivity contribution >= 4 is 35.3 Å². The highest BCUT2D eigenvalue weighted by molar-refractivity contribution is 6.03. The van der Waals surface area contributed by atoms with Crippen LogP contribution < -0.4 is 29.5 Å². The van der Waals surface area contributed by atoms with E-state index in [1.54, 1.807) is 55.8 Å². The Bertz CT molecular complexity index is 2160. The van der Waals surface area contributed by atoms with Crippen LogP contribution in [0.5, 0.6) is 11.5 Å². The Kier molecular flexibility index (Phi) is 12.1. The first-order chi connectivity index (χ1) is 28.9. The van der Waals surface area contributed by atoms with Crippen molar-refractivity contribution < 1.29 is 23.8 Å². The molecule has 1 N–H and O–H groups in total. The molecule has 5 heterocycles. The largest absolute Gasteiger partial charge is 0.497 e. The molecule has 2 saturated heterocycles. The van der Waals surface area contributed by atoms with Crippen molar-refractivity contribution in [3.8, 4) is 22.8 Å². The highest BCUT2D eigenvalue weighted by Crippen LogP contribution is 2.36. The third kappa shape index (κ3) is 9.06. The number of urea groups is 1. The van der Waals surface area contributed by atoms with Crippen molar-refractivity contribution in [2.75, 3.05) is 99.8 Å². The quantitative estimate of drug-likeness (QED) is 0.174. The number of amides is 3. The Morgan fingerprint density at radius 1 is 0.763 bits per heavy atom. The third-order valence-corrected chi connectivity index (χ3v) is 11.1. The molecule has 306 valence electrons. The summed E-state index contributed by atoms with van der Waals surface area (Å²) < 4.78 is 16.4. The van der Waals surface area contributed by atoms with Gasteiger partial charge in [0.1, 0.15) is 17.3 Å². The normalized spacial score (nSPS) is 15.5. The van der Waals surface area contributed by atoms with Crippen LogP contribution in [-0.4, -0.2) is 121 Å². The molecule has 0 bridgehead atoms. The predicted octanol–water partition coefficient (Wildman–Crippen LogP) is 5.37. The molecule has 0 unspecified atom stereocenters. The van der Waals surface area contributed by atoms with Gasteiger partial charge in [-0.3, -0.25) is 9.69 Å². The van der Waals surface area contributed by atoms with Gasteiger partial charge in [-0.25, -0.2) is 19.7 Å². The molecule has 3 aliphatic heterocycles. The molecule has 0 aliphatic carbocycles. The molecule has 0 atom stereocenters. The van der Waals surface area contributed by atoms with Gasteiger partial charge in [0, 0.05) is 93.7 Å². The van der Waals surface area contributed by atoms with E-state index >= 15 is 0 Å². The first-order valence-electron chi connectivity index (χ1n) is 20.2. The van der Waals surface area contributed by atoms with Crippen molar-refractivity contribution in [2.24, 2.45) is 0 Å². The Labute approximate surface area is 344 Å². The zero-order valence-electron chi connectivity index (χ0n) is 33.8. The lowest BCUT2D eigenvalue weighted by Crippen LogP contribution is -2.48. The maximum atomic E-state index is 13.9. The summed E-state index contributed by atoms with van der Waals surface area (Å²) in [4.78, 5) is 57.1. The van der Waals surface area contributed by atoms with Crippen molar-refractivity contribution in [3.05, 3.63) is 107 Å². The molecule has 8 rings (SSSR count). The molecule has 2 aromatic heterocycles. The number of fused-ring (bicyclic) bond motifs is 1. The molecule has 0 saturated carbocycles. The molecule has 15 heteroatoms. The van der Waals surface area contributed by atoms with Gasteiger partial charge < -0.3 is 39.1 Å². The fraction of sp³-hybridized carbons (Fsp3) is 0.364. The molecule has 0 radical (unpaired) electrons. The van der Waals surface area contributed by atoms with Gasteiger partial charge in [0.15, 0.2) is 0 Å². The number of benzene rings is 3. The number of likely N-dealkylation sites (N-methyl/N-ethyl adjacent to an activating group) is 1. The number of ether oxygens (including phenoxy) is 3.